The minimum absolute atomic E-state index is 0.194. The standard InChI is InChI=1S/C7H13NOS2/c9-7(11)6(10)8-5-3-1-2-4-5/h5-6,8,10H,1-4H2,(H,9,11). The van der Waals surface area contributed by atoms with Crippen molar-refractivity contribution in [3.8, 4) is 0 Å². The minimum atomic E-state index is -0.388. The molecule has 1 atom stereocenters. The molecule has 1 aliphatic rings. The van der Waals surface area contributed by atoms with E-state index in [0.29, 0.717) is 6.04 Å². The zero-order valence-electron chi connectivity index (χ0n) is 6.29. The van der Waals surface area contributed by atoms with E-state index in [2.05, 4.69) is 30.6 Å². The van der Waals surface area contributed by atoms with Crippen LogP contribution in [0.15, 0.2) is 0 Å². The van der Waals surface area contributed by atoms with Crippen LogP contribution in [0.3, 0.4) is 0 Å². The molecule has 0 saturated heterocycles. The maximum absolute atomic E-state index is 10.7. The van der Waals surface area contributed by atoms with Crippen molar-refractivity contribution in [3.05, 3.63) is 0 Å². The first-order valence-corrected chi connectivity index (χ1v) is 4.83. The fraction of sp³-hybridized carbons (Fsp3) is 0.857. The number of carbonyl (C=O) groups is 1. The van der Waals surface area contributed by atoms with Gasteiger partial charge in [0.05, 0.1) is 0 Å². The van der Waals surface area contributed by atoms with Gasteiger partial charge in [0, 0.05) is 6.04 Å². The number of hydrogen-bond donors (Lipinski definition) is 3. The summed E-state index contributed by atoms with van der Waals surface area (Å²) < 4.78 is 0. The van der Waals surface area contributed by atoms with Crippen LogP contribution in [-0.4, -0.2) is 16.5 Å². The van der Waals surface area contributed by atoms with Crippen molar-refractivity contribution in [3.63, 3.8) is 0 Å². The Hall–Kier alpha value is 0.330. The Bertz CT molecular complexity index is 145. The van der Waals surface area contributed by atoms with Gasteiger partial charge in [0.25, 0.3) is 0 Å². The summed E-state index contributed by atoms with van der Waals surface area (Å²) in [5.74, 6) is 0. The second kappa shape index (κ2) is 4.38. The molecule has 2 nitrogen and oxygen atoms in total. The van der Waals surface area contributed by atoms with Gasteiger partial charge in [0.2, 0.25) is 5.12 Å². The number of thiol groups is 2. The first-order chi connectivity index (χ1) is 5.20. The molecule has 1 aliphatic carbocycles. The summed E-state index contributed by atoms with van der Waals surface area (Å²) >= 11 is 7.75. The Morgan fingerprint density at radius 2 is 2.00 bits per heavy atom. The maximum Gasteiger partial charge on any atom is 0.212 e. The number of nitrogens with one attached hydrogen (secondary N) is 1. The van der Waals surface area contributed by atoms with Crippen LogP contribution in [0, 0.1) is 0 Å². The van der Waals surface area contributed by atoms with E-state index in [9.17, 15) is 4.79 Å². The van der Waals surface area contributed by atoms with E-state index < -0.39 is 0 Å². The highest BCUT2D eigenvalue weighted by molar-refractivity contribution is 7.99. The summed E-state index contributed by atoms with van der Waals surface area (Å²) in [7, 11) is 0. The van der Waals surface area contributed by atoms with Gasteiger partial charge in [-0.2, -0.15) is 12.6 Å². The van der Waals surface area contributed by atoms with Crippen molar-refractivity contribution in [2.45, 2.75) is 37.1 Å². The van der Waals surface area contributed by atoms with Gasteiger partial charge in [-0.25, -0.2) is 0 Å². The van der Waals surface area contributed by atoms with Crippen molar-refractivity contribution in [1.29, 1.82) is 0 Å². The normalized spacial score (nSPS) is 22.0. The molecule has 0 aliphatic heterocycles. The topological polar surface area (TPSA) is 29.1 Å². The largest absolute Gasteiger partial charge is 0.296 e. The summed E-state index contributed by atoms with van der Waals surface area (Å²) in [5.41, 5.74) is 0. The summed E-state index contributed by atoms with van der Waals surface area (Å²) in [5, 5.41) is 2.53. The number of carbonyl (C=O) groups excluding carboxylic acids is 1. The van der Waals surface area contributed by atoms with E-state index in [-0.39, 0.29) is 10.5 Å². The minimum Gasteiger partial charge on any atom is -0.296 e. The van der Waals surface area contributed by atoms with Crippen LogP contribution >= 0.6 is 25.3 Å². The Balaban J connectivity index is 2.23. The highest BCUT2D eigenvalue weighted by Gasteiger charge is 2.19. The Labute approximate surface area is 77.9 Å². The molecular weight excluding hydrogens is 178 g/mol. The van der Waals surface area contributed by atoms with Crippen molar-refractivity contribution in [1.82, 2.24) is 5.32 Å². The molecule has 1 rings (SSSR count). The fourth-order valence-electron chi connectivity index (χ4n) is 1.39. The molecule has 11 heavy (non-hydrogen) atoms. The van der Waals surface area contributed by atoms with E-state index in [0.717, 1.165) is 12.8 Å². The van der Waals surface area contributed by atoms with Gasteiger partial charge in [-0.1, -0.05) is 12.8 Å². The molecule has 1 N–H and O–H groups in total. The molecule has 0 heterocycles. The van der Waals surface area contributed by atoms with Crippen molar-refractivity contribution >= 4 is 30.4 Å². The van der Waals surface area contributed by atoms with Gasteiger partial charge in [-0.05, 0) is 12.8 Å². The molecule has 0 aromatic heterocycles. The molecule has 1 fully saturated rings. The zero-order valence-corrected chi connectivity index (χ0v) is 8.07. The lowest BCUT2D eigenvalue weighted by Crippen LogP contribution is -2.36. The first kappa shape index (κ1) is 9.42. The van der Waals surface area contributed by atoms with Gasteiger partial charge in [0.1, 0.15) is 5.37 Å². The highest BCUT2D eigenvalue weighted by Crippen LogP contribution is 2.18. The SMILES string of the molecule is O=C(S)C(S)NC1CCCC1. The van der Waals surface area contributed by atoms with Crippen LogP contribution in [0.5, 0.6) is 0 Å². The second-order valence-electron chi connectivity index (χ2n) is 2.89. The van der Waals surface area contributed by atoms with Crippen LogP contribution in [0.25, 0.3) is 0 Å². The smallest absolute Gasteiger partial charge is 0.212 e. The van der Waals surface area contributed by atoms with Gasteiger partial charge >= 0.3 is 0 Å². The third kappa shape index (κ3) is 3.05. The zero-order chi connectivity index (χ0) is 8.27. The average molecular weight is 191 g/mol. The molecule has 0 spiro atoms. The molecule has 0 aromatic carbocycles. The lowest BCUT2D eigenvalue weighted by atomic mass is 10.2. The molecule has 1 unspecified atom stereocenters. The van der Waals surface area contributed by atoms with E-state index in [1.807, 2.05) is 0 Å². The maximum atomic E-state index is 10.7. The molecule has 0 bridgehead atoms. The Kier molecular flexibility index (Phi) is 3.75. The molecule has 0 aromatic rings. The van der Waals surface area contributed by atoms with Crippen molar-refractivity contribution < 1.29 is 4.79 Å². The van der Waals surface area contributed by atoms with Crippen LogP contribution in [0.4, 0.5) is 0 Å². The Morgan fingerprint density at radius 3 is 2.45 bits per heavy atom. The third-order valence-electron chi connectivity index (χ3n) is 1.98. The van der Waals surface area contributed by atoms with E-state index in [1.54, 1.807) is 0 Å². The lowest BCUT2D eigenvalue weighted by Gasteiger charge is -2.14. The summed E-state index contributed by atoms with van der Waals surface area (Å²) in [6.45, 7) is 0. The number of rotatable bonds is 3. The monoisotopic (exact) mass is 191 g/mol. The van der Waals surface area contributed by atoms with Gasteiger partial charge in [-0.15, -0.1) is 12.6 Å². The second-order valence-corrected chi connectivity index (χ2v) is 3.85. The van der Waals surface area contributed by atoms with E-state index in [4.69, 9.17) is 0 Å². The quantitative estimate of drug-likeness (QED) is 0.463. The fourth-order valence-corrected chi connectivity index (χ4v) is 1.67. The van der Waals surface area contributed by atoms with Crippen molar-refractivity contribution in [2.75, 3.05) is 0 Å². The van der Waals surface area contributed by atoms with Gasteiger partial charge < -0.3 is 0 Å². The van der Waals surface area contributed by atoms with Crippen LogP contribution in [0.1, 0.15) is 25.7 Å². The summed E-state index contributed by atoms with van der Waals surface area (Å²) in [4.78, 5) is 10.7. The third-order valence-corrected chi connectivity index (χ3v) is 2.83. The summed E-state index contributed by atoms with van der Waals surface area (Å²) in [6, 6.07) is 0.480. The van der Waals surface area contributed by atoms with Crippen LogP contribution < -0.4 is 5.32 Å². The summed E-state index contributed by atoms with van der Waals surface area (Å²) in [6.07, 6.45) is 4.86. The molecule has 4 heteroatoms. The molecule has 0 amide bonds. The van der Waals surface area contributed by atoms with Crippen LogP contribution in [0.2, 0.25) is 0 Å². The Morgan fingerprint density at radius 1 is 1.45 bits per heavy atom. The van der Waals surface area contributed by atoms with E-state index >= 15 is 0 Å². The van der Waals surface area contributed by atoms with Crippen molar-refractivity contribution in [2.24, 2.45) is 0 Å². The molecule has 1 saturated carbocycles. The van der Waals surface area contributed by atoms with Crippen LogP contribution in [-0.2, 0) is 4.79 Å². The van der Waals surface area contributed by atoms with E-state index in [1.165, 1.54) is 12.8 Å². The highest BCUT2D eigenvalue weighted by atomic mass is 32.1. The predicted molar refractivity (Wildman–Crippen MR) is 52.2 cm³/mol. The van der Waals surface area contributed by atoms with Gasteiger partial charge in [0.15, 0.2) is 0 Å². The van der Waals surface area contributed by atoms with Gasteiger partial charge in [-0.3, -0.25) is 10.1 Å². The molecule has 0 radical (unpaired) electrons. The molecular formula is C7H13NOS2. The number of hydrogen-bond acceptors (Lipinski definition) is 3. The first-order valence-electron chi connectivity index (χ1n) is 3.87. The predicted octanol–water partition coefficient (Wildman–Crippen LogP) is 1.23. The average Bonchev–Trinajstić information content (AvgIpc) is 2.39. The molecule has 64 valence electrons. The lowest BCUT2D eigenvalue weighted by molar-refractivity contribution is -0.110.